The average molecular weight is 321 g/mol. The molecule has 1 saturated heterocycles. The number of rotatable bonds is 4. The van der Waals surface area contributed by atoms with Gasteiger partial charge in [-0.05, 0) is 29.9 Å². The molecule has 5 heteroatoms. The summed E-state index contributed by atoms with van der Waals surface area (Å²) in [6.07, 6.45) is 1.06. The van der Waals surface area contributed by atoms with Crippen molar-refractivity contribution in [3.63, 3.8) is 0 Å². The number of amides is 1. The highest BCUT2D eigenvalue weighted by Gasteiger charge is 2.63. The van der Waals surface area contributed by atoms with Crippen LogP contribution in [0.15, 0.2) is 18.2 Å². The summed E-state index contributed by atoms with van der Waals surface area (Å²) in [5.74, 6) is 0.221. The number of benzene rings is 1. The lowest BCUT2D eigenvalue weighted by Gasteiger charge is -2.56. The van der Waals surface area contributed by atoms with Crippen LogP contribution in [0.4, 0.5) is 4.39 Å². The van der Waals surface area contributed by atoms with Crippen LogP contribution in [0.1, 0.15) is 30.6 Å². The van der Waals surface area contributed by atoms with Gasteiger partial charge in [0.15, 0.2) is 0 Å². The molecule has 1 amide bonds. The van der Waals surface area contributed by atoms with Gasteiger partial charge in [0.1, 0.15) is 11.6 Å². The Morgan fingerprint density at radius 1 is 1.39 bits per heavy atom. The van der Waals surface area contributed by atoms with Gasteiger partial charge in [0.25, 0.3) is 5.91 Å². The summed E-state index contributed by atoms with van der Waals surface area (Å²) < 4.78 is 24.0. The third kappa shape index (κ3) is 2.51. The average Bonchev–Trinajstić information content (AvgIpc) is 2.81. The Kier molecular flexibility index (Phi) is 3.87. The van der Waals surface area contributed by atoms with E-state index < -0.39 is 5.82 Å². The summed E-state index contributed by atoms with van der Waals surface area (Å²) in [7, 11) is 3.17. The zero-order valence-electron chi connectivity index (χ0n) is 14.2. The van der Waals surface area contributed by atoms with Crippen molar-refractivity contribution in [2.24, 2.45) is 16.7 Å². The molecule has 4 nitrogen and oxygen atoms in total. The summed E-state index contributed by atoms with van der Waals surface area (Å²) in [6, 6.07) is 4.06. The highest BCUT2D eigenvalue weighted by atomic mass is 19.1. The van der Waals surface area contributed by atoms with Crippen LogP contribution in [0.5, 0.6) is 5.75 Å². The molecule has 1 aromatic carbocycles. The topological polar surface area (TPSA) is 38.8 Å². The van der Waals surface area contributed by atoms with Crippen LogP contribution in [-0.2, 0) is 4.74 Å². The Bertz CT molecular complexity index is 631. The lowest BCUT2D eigenvalue weighted by atomic mass is 9.48. The van der Waals surface area contributed by atoms with E-state index >= 15 is 0 Å². The monoisotopic (exact) mass is 321 g/mol. The van der Waals surface area contributed by atoms with Crippen LogP contribution in [0.2, 0.25) is 0 Å². The van der Waals surface area contributed by atoms with E-state index in [0.29, 0.717) is 24.6 Å². The predicted octanol–water partition coefficient (Wildman–Crippen LogP) is 2.97. The molecule has 0 unspecified atom stereocenters. The van der Waals surface area contributed by atoms with E-state index in [1.165, 1.54) is 25.3 Å². The molecule has 2 aliphatic rings. The van der Waals surface area contributed by atoms with Gasteiger partial charge in [0, 0.05) is 31.7 Å². The Labute approximate surface area is 136 Å². The standard InChI is InChI=1S/C18H24FNO3/c1-17(2)9-18(11-22-3)10-20(8-15(17)18)16(21)13-6-5-12(19)7-14(13)23-4/h5-7,15H,8-11H2,1-4H3/t15-,18-/m1/s1. The molecule has 2 atom stereocenters. The number of halogens is 1. The number of carbonyl (C=O) groups excluding carboxylic acids is 1. The van der Waals surface area contributed by atoms with Crippen LogP contribution < -0.4 is 4.74 Å². The van der Waals surface area contributed by atoms with Gasteiger partial charge < -0.3 is 14.4 Å². The molecule has 1 aliphatic heterocycles. The largest absolute Gasteiger partial charge is 0.496 e. The van der Waals surface area contributed by atoms with E-state index in [0.717, 1.165) is 13.0 Å². The molecular weight excluding hydrogens is 297 g/mol. The molecule has 0 bridgehead atoms. The van der Waals surface area contributed by atoms with Crippen molar-refractivity contribution in [2.75, 3.05) is 33.9 Å². The fraction of sp³-hybridized carbons (Fsp3) is 0.611. The minimum atomic E-state index is -0.406. The molecule has 0 aromatic heterocycles. The van der Waals surface area contributed by atoms with Crippen molar-refractivity contribution in [1.82, 2.24) is 4.90 Å². The van der Waals surface area contributed by atoms with Gasteiger partial charge in [0.05, 0.1) is 19.3 Å². The molecule has 126 valence electrons. The fourth-order valence-electron chi connectivity index (χ4n) is 4.78. The summed E-state index contributed by atoms with van der Waals surface area (Å²) in [5.41, 5.74) is 0.697. The van der Waals surface area contributed by atoms with Crippen molar-refractivity contribution in [3.05, 3.63) is 29.6 Å². The van der Waals surface area contributed by atoms with Gasteiger partial charge in [-0.25, -0.2) is 4.39 Å². The normalized spacial score (nSPS) is 28.2. The van der Waals surface area contributed by atoms with E-state index in [-0.39, 0.29) is 22.5 Å². The van der Waals surface area contributed by atoms with Crippen LogP contribution in [0.25, 0.3) is 0 Å². The molecule has 1 aliphatic carbocycles. The molecule has 1 saturated carbocycles. The summed E-state index contributed by atoms with van der Waals surface area (Å²) in [6.45, 7) is 6.57. The van der Waals surface area contributed by atoms with Gasteiger partial charge in [-0.15, -0.1) is 0 Å². The Morgan fingerprint density at radius 2 is 2.13 bits per heavy atom. The van der Waals surface area contributed by atoms with Gasteiger partial charge in [-0.1, -0.05) is 13.8 Å². The lowest BCUT2D eigenvalue weighted by Crippen LogP contribution is -2.55. The molecule has 0 N–H and O–H groups in total. The van der Waals surface area contributed by atoms with Crippen LogP contribution in [0.3, 0.4) is 0 Å². The molecule has 23 heavy (non-hydrogen) atoms. The second-order valence-corrected chi connectivity index (χ2v) is 7.54. The Balaban J connectivity index is 1.85. The first-order valence-corrected chi connectivity index (χ1v) is 7.95. The molecule has 2 fully saturated rings. The van der Waals surface area contributed by atoms with Gasteiger partial charge in [-0.2, -0.15) is 0 Å². The first-order valence-electron chi connectivity index (χ1n) is 7.95. The molecular formula is C18H24FNO3. The SMILES string of the molecule is COC[C@@]12CN(C(=O)c3ccc(F)cc3OC)C[C@@H]1C(C)(C)C2. The number of hydrogen-bond acceptors (Lipinski definition) is 3. The highest BCUT2D eigenvalue weighted by Crippen LogP contribution is 2.62. The smallest absolute Gasteiger partial charge is 0.257 e. The number of ether oxygens (including phenoxy) is 2. The lowest BCUT2D eigenvalue weighted by molar-refractivity contribution is -0.107. The maximum atomic E-state index is 13.4. The minimum Gasteiger partial charge on any atom is -0.496 e. The first kappa shape index (κ1) is 16.2. The minimum absolute atomic E-state index is 0.0567. The zero-order valence-corrected chi connectivity index (χ0v) is 14.2. The van der Waals surface area contributed by atoms with Crippen molar-refractivity contribution < 1.29 is 18.7 Å². The van der Waals surface area contributed by atoms with E-state index in [9.17, 15) is 9.18 Å². The number of fused-ring (bicyclic) bond motifs is 1. The molecule has 0 spiro atoms. The second kappa shape index (κ2) is 5.48. The van der Waals surface area contributed by atoms with E-state index in [1.54, 1.807) is 7.11 Å². The van der Waals surface area contributed by atoms with Crippen LogP contribution >= 0.6 is 0 Å². The first-order chi connectivity index (χ1) is 10.8. The van der Waals surface area contributed by atoms with Gasteiger partial charge in [0.2, 0.25) is 0 Å². The predicted molar refractivity (Wildman–Crippen MR) is 85.1 cm³/mol. The van der Waals surface area contributed by atoms with Crippen molar-refractivity contribution in [1.29, 1.82) is 0 Å². The van der Waals surface area contributed by atoms with Crippen molar-refractivity contribution >= 4 is 5.91 Å². The Morgan fingerprint density at radius 3 is 2.74 bits per heavy atom. The molecule has 1 heterocycles. The summed E-state index contributed by atoms with van der Waals surface area (Å²) >= 11 is 0. The number of hydrogen-bond donors (Lipinski definition) is 0. The summed E-state index contributed by atoms with van der Waals surface area (Å²) in [4.78, 5) is 14.8. The third-order valence-electron chi connectivity index (χ3n) is 5.51. The quantitative estimate of drug-likeness (QED) is 0.856. The number of carbonyl (C=O) groups is 1. The number of methoxy groups -OCH3 is 2. The maximum absolute atomic E-state index is 13.4. The van der Waals surface area contributed by atoms with Gasteiger partial charge >= 0.3 is 0 Å². The summed E-state index contributed by atoms with van der Waals surface area (Å²) in [5, 5.41) is 0. The van der Waals surface area contributed by atoms with Gasteiger partial charge in [-0.3, -0.25) is 4.79 Å². The zero-order chi connectivity index (χ0) is 16.8. The molecule has 0 radical (unpaired) electrons. The Hall–Kier alpha value is -1.62. The van der Waals surface area contributed by atoms with Crippen molar-refractivity contribution in [2.45, 2.75) is 20.3 Å². The second-order valence-electron chi connectivity index (χ2n) is 7.54. The molecule has 3 rings (SSSR count). The van der Waals surface area contributed by atoms with Crippen LogP contribution in [0, 0.1) is 22.6 Å². The van der Waals surface area contributed by atoms with E-state index in [2.05, 4.69) is 13.8 Å². The maximum Gasteiger partial charge on any atom is 0.257 e. The van der Waals surface area contributed by atoms with E-state index in [4.69, 9.17) is 9.47 Å². The third-order valence-corrected chi connectivity index (χ3v) is 5.51. The van der Waals surface area contributed by atoms with Crippen LogP contribution in [-0.4, -0.2) is 44.7 Å². The van der Waals surface area contributed by atoms with E-state index in [1.807, 2.05) is 4.90 Å². The highest BCUT2D eigenvalue weighted by molar-refractivity contribution is 5.97. The fourth-order valence-corrected chi connectivity index (χ4v) is 4.78. The number of likely N-dealkylation sites (tertiary alicyclic amines) is 1. The van der Waals surface area contributed by atoms with Crippen molar-refractivity contribution in [3.8, 4) is 5.75 Å². The number of nitrogens with zero attached hydrogens (tertiary/aromatic N) is 1. The molecule has 1 aromatic rings.